The fourth-order valence-electron chi connectivity index (χ4n) is 3.42. The Balaban J connectivity index is 1.58. The quantitative estimate of drug-likeness (QED) is 0.246. The molecule has 0 unspecified atom stereocenters. The van der Waals surface area contributed by atoms with Gasteiger partial charge < -0.3 is 14.2 Å². The highest BCUT2D eigenvalue weighted by atomic mass is 32.3. The number of imidazole rings is 1. The molecule has 2 aliphatic heterocycles. The van der Waals surface area contributed by atoms with E-state index in [1.807, 2.05) is 0 Å². The molecule has 2 fully saturated rings. The molecule has 0 saturated carbocycles. The first-order valence-corrected chi connectivity index (χ1v) is 10.3. The Morgan fingerprint density at radius 3 is 2.65 bits per heavy atom. The average molecular weight is 460 g/mol. The van der Waals surface area contributed by atoms with Crippen molar-refractivity contribution >= 4 is 34.2 Å². The first kappa shape index (κ1) is 22.4. The van der Waals surface area contributed by atoms with Crippen LogP contribution in [0.15, 0.2) is 6.20 Å². The largest absolute Gasteiger partial charge is 0.463 e. The van der Waals surface area contributed by atoms with Crippen LogP contribution in [0.2, 0.25) is 0 Å². The number of methoxy groups -OCH3 is 1. The molecular formula is C15H20N6O9S. The van der Waals surface area contributed by atoms with Gasteiger partial charge >= 0.3 is 22.4 Å². The number of urea groups is 1. The van der Waals surface area contributed by atoms with Crippen LogP contribution in [-0.4, -0.2) is 82.0 Å². The minimum absolute atomic E-state index is 0.0110. The second kappa shape index (κ2) is 8.48. The second-order valence-corrected chi connectivity index (χ2v) is 7.85. The van der Waals surface area contributed by atoms with Crippen molar-refractivity contribution in [3.05, 3.63) is 17.7 Å². The number of aromatic nitrogens is 2. The number of hydroxylamine groups is 2. The maximum absolute atomic E-state index is 12.5. The zero-order chi connectivity index (χ0) is 22.9. The number of nitrogens with one attached hydrogen (secondary N) is 2. The molecule has 1 aromatic heterocycles. The summed E-state index contributed by atoms with van der Waals surface area (Å²) in [5.74, 6) is -2.19. The van der Waals surface area contributed by atoms with Crippen molar-refractivity contribution in [2.45, 2.75) is 38.4 Å². The van der Waals surface area contributed by atoms with Gasteiger partial charge in [0, 0.05) is 18.4 Å². The van der Waals surface area contributed by atoms with Gasteiger partial charge in [0.25, 0.3) is 11.8 Å². The van der Waals surface area contributed by atoms with Crippen LogP contribution < -0.4 is 10.9 Å². The summed E-state index contributed by atoms with van der Waals surface area (Å²) >= 11 is 0. The number of rotatable bonds is 6. The summed E-state index contributed by atoms with van der Waals surface area (Å²) in [4.78, 5) is 53.7. The third kappa shape index (κ3) is 4.75. The third-order valence-corrected chi connectivity index (χ3v) is 5.20. The molecule has 0 spiro atoms. The number of carbonyl (C=O) groups is 4. The van der Waals surface area contributed by atoms with Gasteiger partial charge in [0.15, 0.2) is 0 Å². The molecule has 1 aromatic rings. The molecule has 4 amide bonds. The fourth-order valence-corrected chi connectivity index (χ4v) is 3.81. The number of esters is 1. The number of hydrogen-bond donors (Lipinski definition) is 3. The number of hydrogen-bond acceptors (Lipinski definition) is 9. The highest BCUT2D eigenvalue weighted by Crippen LogP contribution is 2.30. The highest BCUT2D eigenvalue weighted by Gasteiger charge is 2.49. The molecule has 3 N–H and O–H groups in total. The van der Waals surface area contributed by atoms with E-state index >= 15 is 0 Å². The van der Waals surface area contributed by atoms with Gasteiger partial charge in [-0.15, -0.1) is 4.28 Å². The lowest BCUT2D eigenvalue weighted by atomic mass is 10.0. The summed E-state index contributed by atoms with van der Waals surface area (Å²) in [6.07, 6.45) is 1.80. The van der Waals surface area contributed by atoms with Crippen LogP contribution >= 0.6 is 0 Å². The van der Waals surface area contributed by atoms with Crippen LogP contribution in [0.5, 0.6) is 0 Å². The maximum Gasteiger partial charge on any atom is 0.418 e. The maximum atomic E-state index is 12.5. The molecule has 31 heavy (non-hydrogen) atoms. The lowest BCUT2D eigenvalue weighted by Gasteiger charge is -2.29. The van der Waals surface area contributed by atoms with Crippen LogP contribution in [0.1, 0.15) is 29.2 Å². The molecule has 3 rings (SSSR count). The Kier molecular flexibility index (Phi) is 6.14. The fraction of sp³-hybridized carbons (Fsp3) is 0.533. The Hall–Kier alpha value is -3.24. The van der Waals surface area contributed by atoms with E-state index in [9.17, 15) is 27.6 Å². The summed E-state index contributed by atoms with van der Waals surface area (Å²) in [5.41, 5.74) is 4.91. The van der Waals surface area contributed by atoms with E-state index in [-0.39, 0.29) is 31.8 Å². The number of nitrogens with zero attached hydrogens (tertiary/aromatic N) is 4. The van der Waals surface area contributed by atoms with Crippen molar-refractivity contribution in [2.24, 2.45) is 0 Å². The van der Waals surface area contributed by atoms with Crippen molar-refractivity contribution < 1.29 is 41.2 Å². The van der Waals surface area contributed by atoms with E-state index in [2.05, 4.69) is 24.9 Å². The number of piperidine rings is 1. The topological polar surface area (TPSA) is 189 Å². The first-order chi connectivity index (χ1) is 14.5. The van der Waals surface area contributed by atoms with Gasteiger partial charge in [-0.1, -0.05) is 0 Å². The van der Waals surface area contributed by atoms with Crippen molar-refractivity contribution in [3.8, 4) is 0 Å². The lowest BCUT2D eigenvalue weighted by molar-refractivity contribution is -0.132. The van der Waals surface area contributed by atoms with Gasteiger partial charge in [0.1, 0.15) is 12.6 Å². The van der Waals surface area contributed by atoms with Gasteiger partial charge in [-0.3, -0.25) is 25.0 Å². The zero-order valence-corrected chi connectivity index (χ0v) is 17.3. The monoisotopic (exact) mass is 460 g/mol. The first-order valence-electron chi connectivity index (χ1n) is 8.97. The molecule has 2 bridgehead atoms. The number of hydrazine groups is 1. The van der Waals surface area contributed by atoms with Gasteiger partial charge in [-0.05, 0) is 19.8 Å². The van der Waals surface area contributed by atoms with E-state index in [0.717, 1.165) is 4.90 Å². The van der Waals surface area contributed by atoms with E-state index in [1.165, 1.54) is 17.9 Å². The summed E-state index contributed by atoms with van der Waals surface area (Å²) in [7, 11) is -3.72. The van der Waals surface area contributed by atoms with Crippen molar-refractivity contribution in [1.82, 2.24) is 30.4 Å². The van der Waals surface area contributed by atoms with Gasteiger partial charge in [-0.2, -0.15) is 13.5 Å². The van der Waals surface area contributed by atoms with Gasteiger partial charge in [0.2, 0.25) is 5.82 Å². The molecule has 170 valence electrons. The molecular weight excluding hydrogens is 440 g/mol. The van der Waals surface area contributed by atoms with Gasteiger partial charge in [0.05, 0.1) is 13.2 Å². The predicted molar refractivity (Wildman–Crippen MR) is 98.0 cm³/mol. The van der Waals surface area contributed by atoms with Crippen LogP contribution in [0.25, 0.3) is 0 Å². The van der Waals surface area contributed by atoms with E-state index in [4.69, 9.17) is 4.55 Å². The normalized spacial score (nSPS) is 20.5. The van der Waals surface area contributed by atoms with Crippen LogP contribution in [-0.2, 0) is 35.6 Å². The second-order valence-electron chi connectivity index (χ2n) is 6.85. The SMILES string of the molecule is COC(=O)c1ncc(C)n1CC(=O)NNC(=O)[C@@H]1CC[C@@H]2CN1C(=O)N2OS(=O)(=O)O. The van der Waals surface area contributed by atoms with Crippen LogP contribution in [0.4, 0.5) is 4.79 Å². The summed E-state index contributed by atoms with van der Waals surface area (Å²) < 4.78 is 40.8. The molecule has 0 aliphatic carbocycles. The Morgan fingerprint density at radius 2 is 2.00 bits per heavy atom. The Bertz CT molecular complexity index is 1020. The molecule has 3 heterocycles. The highest BCUT2D eigenvalue weighted by molar-refractivity contribution is 7.80. The predicted octanol–water partition coefficient (Wildman–Crippen LogP) is -1.87. The number of fused-ring (bicyclic) bond motifs is 2. The molecule has 2 aliphatic rings. The Morgan fingerprint density at radius 1 is 1.29 bits per heavy atom. The molecule has 0 aromatic carbocycles. The molecule has 0 radical (unpaired) electrons. The number of ether oxygens (including phenoxy) is 1. The van der Waals surface area contributed by atoms with E-state index < -0.39 is 46.3 Å². The number of carbonyl (C=O) groups excluding carboxylic acids is 4. The minimum atomic E-state index is -4.90. The summed E-state index contributed by atoms with van der Waals surface area (Å²) in [5, 5.41) is 0.511. The van der Waals surface area contributed by atoms with Crippen molar-refractivity contribution in [2.75, 3.05) is 13.7 Å². The van der Waals surface area contributed by atoms with Crippen LogP contribution in [0, 0.1) is 6.92 Å². The lowest BCUT2D eigenvalue weighted by Crippen LogP contribution is -2.54. The third-order valence-electron chi connectivity index (χ3n) is 4.85. The summed E-state index contributed by atoms with van der Waals surface area (Å²) in [6, 6.07) is -2.53. The van der Waals surface area contributed by atoms with Crippen molar-refractivity contribution in [1.29, 1.82) is 0 Å². The standard InChI is InChI=1S/C15H20N6O9S/c1-8-5-16-12(14(24)29-2)19(8)7-11(22)17-18-13(23)10-4-3-9-6-20(10)15(25)21(9)30-31(26,27)28/h5,9-10H,3-4,6-7H2,1-2H3,(H,17,22)(H,18,23)(H,26,27,28)/t9-,10+/m1/s1. The van der Waals surface area contributed by atoms with E-state index in [0.29, 0.717) is 10.8 Å². The average Bonchev–Trinajstić information content (AvgIpc) is 3.17. The zero-order valence-electron chi connectivity index (χ0n) is 16.5. The van der Waals surface area contributed by atoms with Crippen LogP contribution in [0.3, 0.4) is 0 Å². The molecule has 15 nitrogen and oxygen atoms in total. The molecule has 16 heteroatoms. The minimum Gasteiger partial charge on any atom is -0.463 e. The summed E-state index contributed by atoms with van der Waals surface area (Å²) in [6.45, 7) is 1.31. The molecule has 2 atom stereocenters. The van der Waals surface area contributed by atoms with Gasteiger partial charge in [-0.25, -0.2) is 14.6 Å². The smallest absolute Gasteiger partial charge is 0.418 e. The number of amides is 4. The van der Waals surface area contributed by atoms with Crippen molar-refractivity contribution in [3.63, 3.8) is 0 Å². The van der Waals surface area contributed by atoms with E-state index in [1.54, 1.807) is 6.92 Å². The molecule has 2 saturated heterocycles. The Labute approximate surface area is 176 Å². The number of aryl methyl sites for hydroxylation is 1.